The number of nitro benzene ring substituents is 1. The Morgan fingerprint density at radius 2 is 1.81 bits per heavy atom. The average Bonchev–Trinajstić information content (AvgIpc) is 3.02. The molecule has 1 saturated heterocycles. The molecule has 2 aromatic rings. The molecule has 0 aromatic heterocycles. The van der Waals surface area contributed by atoms with E-state index in [4.69, 9.17) is 0 Å². The lowest BCUT2D eigenvalue weighted by Gasteiger charge is -2.06. The Balaban J connectivity index is 1.59. The summed E-state index contributed by atoms with van der Waals surface area (Å²) in [5.74, 6) is -0.0798. The molecule has 1 unspecified atom stereocenters. The highest BCUT2D eigenvalue weighted by Gasteiger charge is 2.30. The fourth-order valence-corrected chi connectivity index (χ4v) is 3.51. The van der Waals surface area contributed by atoms with Crippen molar-refractivity contribution in [2.75, 3.05) is 0 Å². The molecule has 1 fully saturated rings. The monoisotopic (exact) mass is 382 g/mol. The van der Waals surface area contributed by atoms with Gasteiger partial charge in [0.25, 0.3) is 5.69 Å². The fraction of sp³-hybridized carbons (Fsp3) is 0.211. The van der Waals surface area contributed by atoms with Gasteiger partial charge in [0.15, 0.2) is 5.17 Å². The van der Waals surface area contributed by atoms with Crippen molar-refractivity contribution < 1.29 is 9.72 Å². The SMILES string of the molecule is CCc1ccc(CC2S/C(=N/N=Cc3ccc([N+](=O)[O-])cc3)NC2=O)cc1. The minimum Gasteiger partial charge on any atom is -0.303 e. The molecule has 1 aliphatic heterocycles. The summed E-state index contributed by atoms with van der Waals surface area (Å²) in [6.07, 6.45) is 3.11. The summed E-state index contributed by atoms with van der Waals surface area (Å²) >= 11 is 1.35. The van der Waals surface area contributed by atoms with E-state index in [0.717, 1.165) is 12.0 Å². The molecule has 138 valence electrons. The van der Waals surface area contributed by atoms with E-state index in [9.17, 15) is 14.9 Å². The molecule has 2 aromatic carbocycles. The van der Waals surface area contributed by atoms with Gasteiger partial charge in [-0.15, -0.1) is 5.10 Å². The lowest BCUT2D eigenvalue weighted by molar-refractivity contribution is -0.384. The zero-order valence-electron chi connectivity index (χ0n) is 14.7. The maximum atomic E-state index is 12.1. The van der Waals surface area contributed by atoms with Crippen LogP contribution in [-0.4, -0.2) is 27.5 Å². The van der Waals surface area contributed by atoms with Gasteiger partial charge >= 0.3 is 0 Å². The Morgan fingerprint density at radius 1 is 1.15 bits per heavy atom. The fourth-order valence-electron chi connectivity index (χ4n) is 2.54. The molecule has 1 heterocycles. The van der Waals surface area contributed by atoms with Gasteiger partial charge in [-0.05, 0) is 41.7 Å². The van der Waals surface area contributed by atoms with E-state index in [1.807, 2.05) is 0 Å². The van der Waals surface area contributed by atoms with E-state index in [-0.39, 0.29) is 16.8 Å². The first kappa shape index (κ1) is 18.8. The molecule has 7 nitrogen and oxygen atoms in total. The van der Waals surface area contributed by atoms with E-state index in [2.05, 4.69) is 46.7 Å². The minimum atomic E-state index is -0.457. The van der Waals surface area contributed by atoms with Gasteiger partial charge in [0.2, 0.25) is 5.91 Å². The van der Waals surface area contributed by atoms with Gasteiger partial charge in [0, 0.05) is 12.1 Å². The standard InChI is InChI=1S/C19H18N4O3S/c1-2-13-3-5-14(6-4-13)11-17-18(24)21-19(27-17)22-20-12-15-7-9-16(10-8-15)23(25)26/h3-10,12,17H,2,11H2,1H3,(H,21,22,24). The van der Waals surface area contributed by atoms with Crippen molar-refractivity contribution in [1.29, 1.82) is 0 Å². The number of hydrogen-bond acceptors (Lipinski definition) is 6. The quantitative estimate of drug-likeness (QED) is 0.471. The van der Waals surface area contributed by atoms with E-state index in [1.165, 1.54) is 35.7 Å². The predicted molar refractivity (Wildman–Crippen MR) is 107 cm³/mol. The van der Waals surface area contributed by atoms with Gasteiger partial charge in [-0.2, -0.15) is 5.10 Å². The zero-order valence-corrected chi connectivity index (χ0v) is 15.5. The van der Waals surface area contributed by atoms with Crippen LogP contribution in [-0.2, 0) is 17.6 Å². The second kappa shape index (κ2) is 8.59. The van der Waals surface area contributed by atoms with Crippen LogP contribution >= 0.6 is 11.8 Å². The van der Waals surface area contributed by atoms with Crippen molar-refractivity contribution >= 4 is 34.7 Å². The van der Waals surface area contributed by atoms with Crippen molar-refractivity contribution in [2.24, 2.45) is 10.2 Å². The highest BCUT2D eigenvalue weighted by molar-refractivity contribution is 8.15. The molecule has 0 bridgehead atoms. The van der Waals surface area contributed by atoms with Crippen LogP contribution in [0, 0.1) is 10.1 Å². The third-order valence-corrected chi connectivity index (χ3v) is 5.16. The number of carbonyl (C=O) groups is 1. The zero-order chi connectivity index (χ0) is 19.2. The summed E-state index contributed by atoms with van der Waals surface area (Å²) in [5.41, 5.74) is 3.08. The first-order valence-corrected chi connectivity index (χ1v) is 9.34. The van der Waals surface area contributed by atoms with Crippen LogP contribution < -0.4 is 5.32 Å². The second-order valence-corrected chi connectivity index (χ2v) is 7.16. The molecule has 0 spiro atoms. The van der Waals surface area contributed by atoms with Crippen LogP contribution in [0.5, 0.6) is 0 Å². The summed E-state index contributed by atoms with van der Waals surface area (Å²) < 4.78 is 0. The maximum Gasteiger partial charge on any atom is 0.269 e. The second-order valence-electron chi connectivity index (χ2n) is 5.97. The van der Waals surface area contributed by atoms with Crippen molar-refractivity contribution in [2.45, 2.75) is 25.0 Å². The molecule has 0 aliphatic carbocycles. The molecule has 0 radical (unpaired) electrons. The van der Waals surface area contributed by atoms with Crippen molar-refractivity contribution in [3.05, 3.63) is 75.3 Å². The number of thioether (sulfide) groups is 1. The third-order valence-electron chi connectivity index (χ3n) is 4.09. The van der Waals surface area contributed by atoms with Crippen LogP contribution in [0.2, 0.25) is 0 Å². The number of amidine groups is 1. The number of benzene rings is 2. The lowest BCUT2D eigenvalue weighted by Crippen LogP contribution is -2.25. The molecule has 3 rings (SSSR count). The van der Waals surface area contributed by atoms with E-state index >= 15 is 0 Å². The van der Waals surface area contributed by atoms with Crippen molar-refractivity contribution in [3.63, 3.8) is 0 Å². The van der Waals surface area contributed by atoms with E-state index in [1.54, 1.807) is 12.1 Å². The molecule has 1 atom stereocenters. The number of hydrogen-bond donors (Lipinski definition) is 1. The molecule has 1 N–H and O–H groups in total. The smallest absolute Gasteiger partial charge is 0.269 e. The van der Waals surface area contributed by atoms with Crippen molar-refractivity contribution in [1.82, 2.24) is 5.32 Å². The summed E-state index contributed by atoms with van der Waals surface area (Å²) in [5, 5.41) is 21.6. The Bertz CT molecular complexity index is 892. The molecule has 1 amide bonds. The number of nitro groups is 1. The first-order valence-electron chi connectivity index (χ1n) is 8.46. The Morgan fingerprint density at radius 3 is 2.44 bits per heavy atom. The summed E-state index contributed by atoms with van der Waals surface area (Å²) in [7, 11) is 0. The largest absolute Gasteiger partial charge is 0.303 e. The molecule has 1 aliphatic rings. The lowest BCUT2D eigenvalue weighted by atomic mass is 10.1. The summed E-state index contributed by atoms with van der Waals surface area (Å²) in [6.45, 7) is 2.11. The van der Waals surface area contributed by atoms with Gasteiger partial charge in [-0.1, -0.05) is 43.0 Å². The normalized spacial score (nSPS) is 18.2. The van der Waals surface area contributed by atoms with Gasteiger partial charge in [-0.3, -0.25) is 14.9 Å². The Kier molecular flexibility index (Phi) is 5.97. The van der Waals surface area contributed by atoms with Crippen LogP contribution in [0.3, 0.4) is 0 Å². The van der Waals surface area contributed by atoms with E-state index < -0.39 is 4.92 Å². The molecule has 8 heteroatoms. The maximum absolute atomic E-state index is 12.1. The number of amides is 1. The van der Waals surface area contributed by atoms with Crippen LogP contribution in [0.15, 0.2) is 58.7 Å². The molecular formula is C19H18N4O3S. The van der Waals surface area contributed by atoms with Gasteiger partial charge in [-0.25, -0.2) is 0 Å². The number of carbonyl (C=O) groups excluding carboxylic acids is 1. The molecule has 0 saturated carbocycles. The van der Waals surface area contributed by atoms with Gasteiger partial charge in [0.1, 0.15) is 0 Å². The minimum absolute atomic E-state index is 0.0203. The van der Waals surface area contributed by atoms with Crippen LogP contribution in [0.4, 0.5) is 5.69 Å². The third kappa shape index (κ3) is 5.01. The Labute approximate surface area is 160 Å². The van der Waals surface area contributed by atoms with Gasteiger partial charge < -0.3 is 5.32 Å². The number of nitrogens with zero attached hydrogens (tertiary/aromatic N) is 3. The predicted octanol–water partition coefficient (Wildman–Crippen LogP) is 3.32. The highest BCUT2D eigenvalue weighted by Crippen LogP contribution is 2.23. The van der Waals surface area contributed by atoms with Crippen LogP contribution in [0.25, 0.3) is 0 Å². The van der Waals surface area contributed by atoms with Gasteiger partial charge in [0.05, 0.1) is 16.4 Å². The summed E-state index contributed by atoms with van der Waals surface area (Å²) in [4.78, 5) is 22.3. The Hall–Kier alpha value is -3.00. The number of rotatable bonds is 6. The topological polar surface area (TPSA) is 97.0 Å². The number of non-ortho nitro benzene ring substituents is 1. The number of aryl methyl sites for hydroxylation is 1. The highest BCUT2D eigenvalue weighted by atomic mass is 32.2. The molecule has 27 heavy (non-hydrogen) atoms. The van der Waals surface area contributed by atoms with Crippen molar-refractivity contribution in [3.8, 4) is 0 Å². The van der Waals surface area contributed by atoms with E-state index in [0.29, 0.717) is 17.2 Å². The molecular weight excluding hydrogens is 364 g/mol. The average molecular weight is 382 g/mol. The number of nitrogens with one attached hydrogen (secondary N) is 1. The van der Waals surface area contributed by atoms with Crippen LogP contribution in [0.1, 0.15) is 23.6 Å². The first-order chi connectivity index (χ1) is 13.0. The summed E-state index contributed by atoms with van der Waals surface area (Å²) in [6, 6.07) is 14.2.